The van der Waals surface area contributed by atoms with Gasteiger partial charge >= 0.3 is 0 Å². The van der Waals surface area contributed by atoms with Crippen molar-refractivity contribution in [2.75, 3.05) is 5.75 Å². The minimum Gasteiger partial charge on any atom is -0.339 e. The van der Waals surface area contributed by atoms with E-state index in [4.69, 9.17) is 10.3 Å². The van der Waals surface area contributed by atoms with Crippen molar-refractivity contribution >= 4 is 11.8 Å². The molecule has 2 heterocycles. The van der Waals surface area contributed by atoms with E-state index in [9.17, 15) is 0 Å². The highest BCUT2D eigenvalue weighted by Crippen LogP contribution is 2.38. The topological polar surface area (TPSA) is 64.9 Å². The van der Waals surface area contributed by atoms with Gasteiger partial charge in [0.25, 0.3) is 0 Å². The van der Waals surface area contributed by atoms with Gasteiger partial charge in [0.05, 0.1) is 5.25 Å². The van der Waals surface area contributed by atoms with E-state index in [0.29, 0.717) is 17.6 Å². The van der Waals surface area contributed by atoms with E-state index in [1.165, 1.54) is 12.2 Å². The van der Waals surface area contributed by atoms with E-state index < -0.39 is 0 Å². The molecule has 1 aromatic rings. The lowest BCUT2D eigenvalue weighted by Gasteiger charge is -2.21. The zero-order valence-corrected chi connectivity index (χ0v) is 12.3. The highest BCUT2D eigenvalue weighted by Gasteiger charge is 2.24. The lowest BCUT2D eigenvalue weighted by molar-refractivity contribution is 0.312. The Kier molecular flexibility index (Phi) is 4.33. The SMILES string of the molecule is CC(C)(C)CC(N)Cc1nc(C2CCCS2)no1. The summed E-state index contributed by atoms with van der Waals surface area (Å²) in [5.74, 6) is 2.75. The third-order valence-corrected chi connectivity index (χ3v) is 4.39. The number of hydrogen-bond donors (Lipinski definition) is 1. The molecular formula is C13H23N3OS. The molecule has 5 heteroatoms. The largest absolute Gasteiger partial charge is 0.339 e. The van der Waals surface area contributed by atoms with Crippen molar-refractivity contribution in [3.63, 3.8) is 0 Å². The van der Waals surface area contributed by atoms with Gasteiger partial charge in [0.2, 0.25) is 5.89 Å². The molecule has 2 atom stereocenters. The quantitative estimate of drug-likeness (QED) is 0.910. The summed E-state index contributed by atoms with van der Waals surface area (Å²) in [5.41, 5.74) is 6.36. The minimum atomic E-state index is 0.0922. The fraction of sp³-hybridized carbons (Fsp3) is 0.846. The maximum absolute atomic E-state index is 6.12. The predicted octanol–water partition coefficient (Wildman–Crippen LogP) is 2.94. The van der Waals surface area contributed by atoms with E-state index in [1.807, 2.05) is 11.8 Å². The molecule has 18 heavy (non-hydrogen) atoms. The van der Waals surface area contributed by atoms with E-state index >= 15 is 0 Å². The Morgan fingerprint density at radius 1 is 1.50 bits per heavy atom. The third-order valence-electron chi connectivity index (χ3n) is 3.01. The number of rotatable bonds is 4. The van der Waals surface area contributed by atoms with Crippen LogP contribution in [0, 0.1) is 5.41 Å². The van der Waals surface area contributed by atoms with Gasteiger partial charge in [0, 0.05) is 12.5 Å². The molecule has 1 aromatic heterocycles. The first-order chi connectivity index (χ1) is 8.44. The minimum absolute atomic E-state index is 0.0922. The number of hydrogen-bond acceptors (Lipinski definition) is 5. The molecule has 1 fully saturated rings. The Hall–Kier alpha value is -0.550. The molecule has 0 spiro atoms. The van der Waals surface area contributed by atoms with E-state index in [-0.39, 0.29) is 11.5 Å². The maximum atomic E-state index is 6.12. The first-order valence-electron chi connectivity index (χ1n) is 6.64. The van der Waals surface area contributed by atoms with Crippen LogP contribution in [0.1, 0.15) is 57.0 Å². The van der Waals surface area contributed by atoms with Crippen molar-refractivity contribution in [3.05, 3.63) is 11.7 Å². The van der Waals surface area contributed by atoms with Crippen molar-refractivity contribution < 1.29 is 4.52 Å². The Morgan fingerprint density at radius 3 is 2.89 bits per heavy atom. The van der Waals surface area contributed by atoms with Crippen LogP contribution in [0.4, 0.5) is 0 Å². The molecule has 0 bridgehead atoms. The average Bonchev–Trinajstić information content (AvgIpc) is 2.82. The van der Waals surface area contributed by atoms with Crippen LogP contribution in [-0.2, 0) is 6.42 Å². The average molecular weight is 269 g/mol. The Labute approximate surface area is 113 Å². The molecule has 0 saturated carbocycles. The van der Waals surface area contributed by atoms with Gasteiger partial charge in [-0.15, -0.1) is 0 Å². The van der Waals surface area contributed by atoms with Crippen LogP contribution in [-0.4, -0.2) is 21.9 Å². The van der Waals surface area contributed by atoms with Gasteiger partial charge in [-0.05, 0) is 30.4 Å². The zero-order valence-electron chi connectivity index (χ0n) is 11.5. The van der Waals surface area contributed by atoms with Gasteiger partial charge in [0.15, 0.2) is 5.82 Å². The van der Waals surface area contributed by atoms with Crippen LogP contribution in [0.15, 0.2) is 4.52 Å². The molecule has 0 aromatic carbocycles. The number of aromatic nitrogens is 2. The van der Waals surface area contributed by atoms with Crippen molar-refractivity contribution in [1.82, 2.24) is 10.1 Å². The summed E-state index contributed by atoms with van der Waals surface area (Å²) >= 11 is 1.92. The molecule has 0 amide bonds. The van der Waals surface area contributed by atoms with Crippen LogP contribution < -0.4 is 5.73 Å². The predicted molar refractivity (Wildman–Crippen MR) is 74.5 cm³/mol. The highest BCUT2D eigenvalue weighted by atomic mass is 32.2. The number of nitrogens with two attached hydrogens (primary N) is 1. The Morgan fingerprint density at radius 2 is 2.28 bits per heavy atom. The third kappa shape index (κ3) is 3.99. The van der Waals surface area contributed by atoms with E-state index in [2.05, 4.69) is 30.9 Å². The van der Waals surface area contributed by atoms with Gasteiger partial charge in [-0.2, -0.15) is 16.7 Å². The van der Waals surface area contributed by atoms with Gasteiger partial charge in [-0.1, -0.05) is 25.9 Å². The molecule has 1 saturated heterocycles. The monoisotopic (exact) mass is 269 g/mol. The van der Waals surface area contributed by atoms with Crippen molar-refractivity contribution in [2.45, 2.75) is 57.7 Å². The highest BCUT2D eigenvalue weighted by molar-refractivity contribution is 7.99. The van der Waals surface area contributed by atoms with Gasteiger partial charge in [0.1, 0.15) is 0 Å². The smallest absolute Gasteiger partial charge is 0.228 e. The first-order valence-corrected chi connectivity index (χ1v) is 7.68. The summed E-state index contributed by atoms with van der Waals surface area (Å²) in [7, 11) is 0. The summed E-state index contributed by atoms with van der Waals surface area (Å²) in [4.78, 5) is 4.48. The van der Waals surface area contributed by atoms with Crippen LogP contribution in [0.5, 0.6) is 0 Å². The van der Waals surface area contributed by atoms with Crippen molar-refractivity contribution in [1.29, 1.82) is 0 Å². The number of nitrogens with zero attached hydrogens (tertiary/aromatic N) is 2. The lowest BCUT2D eigenvalue weighted by Crippen LogP contribution is -2.28. The first kappa shape index (κ1) is 13.9. The fourth-order valence-corrected chi connectivity index (χ4v) is 3.54. The summed E-state index contributed by atoms with van der Waals surface area (Å²) < 4.78 is 5.31. The van der Waals surface area contributed by atoms with Gasteiger partial charge < -0.3 is 10.3 Å². The van der Waals surface area contributed by atoms with Crippen LogP contribution >= 0.6 is 11.8 Å². The van der Waals surface area contributed by atoms with Gasteiger partial charge in [-0.25, -0.2) is 0 Å². The number of thioether (sulfide) groups is 1. The normalized spacial score (nSPS) is 22.3. The lowest BCUT2D eigenvalue weighted by atomic mass is 9.87. The maximum Gasteiger partial charge on any atom is 0.228 e. The van der Waals surface area contributed by atoms with E-state index in [1.54, 1.807) is 0 Å². The molecule has 2 unspecified atom stereocenters. The Bertz CT molecular complexity index is 380. The van der Waals surface area contributed by atoms with Crippen LogP contribution in [0.25, 0.3) is 0 Å². The molecule has 2 rings (SSSR count). The second-order valence-corrected chi connectivity index (χ2v) is 7.59. The zero-order chi connectivity index (χ0) is 13.2. The summed E-state index contributed by atoms with van der Waals surface area (Å²) in [6.45, 7) is 6.59. The van der Waals surface area contributed by atoms with E-state index in [0.717, 1.165) is 18.7 Å². The van der Waals surface area contributed by atoms with Crippen molar-refractivity contribution in [2.24, 2.45) is 11.1 Å². The molecule has 102 valence electrons. The molecule has 1 aliphatic rings. The summed E-state index contributed by atoms with van der Waals surface area (Å²) in [6, 6.07) is 0.0922. The fourth-order valence-electron chi connectivity index (χ4n) is 2.35. The molecule has 0 radical (unpaired) electrons. The second-order valence-electron chi connectivity index (χ2n) is 6.28. The molecule has 4 nitrogen and oxygen atoms in total. The standard InChI is InChI=1S/C13H23N3OS/c1-13(2,3)8-9(14)7-11-15-12(16-17-11)10-5-4-6-18-10/h9-10H,4-8,14H2,1-3H3. The van der Waals surface area contributed by atoms with Crippen LogP contribution in [0.2, 0.25) is 0 Å². The molecule has 2 N–H and O–H groups in total. The summed E-state index contributed by atoms with van der Waals surface area (Å²) in [6.07, 6.45) is 4.06. The van der Waals surface area contributed by atoms with Crippen molar-refractivity contribution in [3.8, 4) is 0 Å². The molecule has 0 aliphatic carbocycles. The Balaban J connectivity index is 1.90. The molecular weight excluding hydrogens is 246 g/mol. The van der Waals surface area contributed by atoms with Gasteiger partial charge in [-0.3, -0.25) is 0 Å². The van der Waals surface area contributed by atoms with Crippen LogP contribution in [0.3, 0.4) is 0 Å². The summed E-state index contributed by atoms with van der Waals surface area (Å²) in [5, 5.41) is 4.52. The molecule has 1 aliphatic heterocycles. The second kappa shape index (κ2) is 5.61.